The van der Waals surface area contributed by atoms with Crippen molar-refractivity contribution >= 4 is 11.8 Å². The van der Waals surface area contributed by atoms with E-state index in [-0.39, 0.29) is 24.3 Å². The molecule has 37 heavy (non-hydrogen) atoms. The predicted octanol–water partition coefficient (Wildman–Crippen LogP) is 7.01. The van der Waals surface area contributed by atoms with Gasteiger partial charge in [0.2, 0.25) is 0 Å². The maximum atomic E-state index is 12.8. The Hall–Kier alpha value is -0.980. The Balaban J connectivity index is 4.73. The summed E-state index contributed by atoms with van der Waals surface area (Å²) < 4.78 is 11.9. The first-order valence-corrected chi connectivity index (χ1v) is 15.2. The molecular weight excluding hydrogens is 466 g/mol. The van der Waals surface area contributed by atoms with Gasteiger partial charge in [-0.1, -0.05) is 52.9 Å². The van der Waals surface area contributed by atoms with Crippen LogP contribution >= 0.6 is 0 Å². The van der Waals surface area contributed by atoms with Gasteiger partial charge in [0.1, 0.15) is 11.2 Å². The van der Waals surface area contributed by atoms with Crippen LogP contribution in [0.15, 0.2) is 0 Å². The summed E-state index contributed by atoms with van der Waals surface area (Å²) in [5, 5.41) is 12.2. The molecule has 1 atom stereocenters. The number of carbonyl (C=O) groups excluding carboxylic acids is 2. The molecule has 0 saturated heterocycles. The molecule has 2 N–H and O–H groups in total. The lowest BCUT2D eigenvalue weighted by atomic mass is 9.81. The number of carbonyl (C=O) groups is 2. The van der Waals surface area contributed by atoms with Crippen LogP contribution in [-0.2, 0) is 19.1 Å². The van der Waals surface area contributed by atoms with Crippen LogP contribution in [0, 0.1) is 11.8 Å². The van der Waals surface area contributed by atoms with Gasteiger partial charge < -0.3 is 19.9 Å². The van der Waals surface area contributed by atoms with Crippen molar-refractivity contribution in [2.24, 2.45) is 11.8 Å². The van der Waals surface area contributed by atoms with E-state index in [1.807, 2.05) is 27.7 Å². The minimum Gasteiger partial charge on any atom is -0.459 e. The molecule has 0 aliphatic heterocycles. The van der Waals surface area contributed by atoms with Crippen LogP contribution in [0.1, 0.15) is 138 Å². The topological polar surface area (TPSA) is 84.9 Å². The number of hydrogen-bond donors (Lipinski definition) is 2. The highest BCUT2D eigenvalue weighted by Gasteiger charge is 2.34. The van der Waals surface area contributed by atoms with E-state index >= 15 is 0 Å². The molecule has 6 heteroatoms. The van der Waals surface area contributed by atoms with Crippen molar-refractivity contribution in [3.63, 3.8) is 0 Å². The number of Topliss-reactive ketones (excluding diaryl/α,β-unsaturated/α-hetero) is 1. The molecule has 0 amide bonds. The molecule has 0 saturated carbocycles. The molecule has 0 fully saturated rings. The molecule has 1 unspecified atom stereocenters. The Bertz CT molecular complexity index is 588. The molecule has 0 spiro atoms. The van der Waals surface area contributed by atoms with Gasteiger partial charge >= 0.3 is 5.97 Å². The molecule has 0 bridgehead atoms. The molecule has 0 rings (SSSR count). The predicted molar refractivity (Wildman–Crippen MR) is 154 cm³/mol. The van der Waals surface area contributed by atoms with Gasteiger partial charge in [-0.25, -0.2) is 0 Å². The van der Waals surface area contributed by atoms with Crippen LogP contribution in [0.3, 0.4) is 0 Å². The van der Waals surface area contributed by atoms with E-state index in [4.69, 9.17) is 14.6 Å². The van der Waals surface area contributed by atoms with Crippen LogP contribution in [0.2, 0.25) is 0 Å². The number of hydrogen-bond acceptors (Lipinski definition) is 6. The van der Waals surface area contributed by atoms with Crippen LogP contribution < -0.4 is 5.32 Å². The monoisotopic (exact) mass is 527 g/mol. The van der Waals surface area contributed by atoms with Gasteiger partial charge in [-0.05, 0) is 97.6 Å². The average molecular weight is 528 g/mol. The Labute approximate surface area is 229 Å². The fourth-order valence-electron chi connectivity index (χ4n) is 4.55. The summed E-state index contributed by atoms with van der Waals surface area (Å²) in [6.07, 6.45) is 13.3. The van der Waals surface area contributed by atoms with E-state index in [9.17, 15) is 9.59 Å². The number of aliphatic hydroxyl groups excluding tert-OH is 1. The molecule has 0 aromatic heterocycles. The van der Waals surface area contributed by atoms with Gasteiger partial charge in [0.05, 0.1) is 6.61 Å². The maximum Gasteiger partial charge on any atom is 0.306 e. The zero-order valence-electron chi connectivity index (χ0n) is 25.5. The molecular formula is C31H61NO5. The highest BCUT2D eigenvalue weighted by atomic mass is 16.6. The summed E-state index contributed by atoms with van der Waals surface area (Å²) in [4.78, 5) is 25.5. The van der Waals surface area contributed by atoms with E-state index in [0.29, 0.717) is 25.4 Å². The third kappa shape index (κ3) is 18.8. The Morgan fingerprint density at radius 1 is 0.811 bits per heavy atom. The second-order valence-corrected chi connectivity index (χ2v) is 12.1. The molecule has 0 aromatic carbocycles. The third-order valence-electron chi connectivity index (χ3n) is 7.17. The largest absolute Gasteiger partial charge is 0.459 e. The van der Waals surface area contributed by atoms with Crippen molar-refractivity contribution in [3.8, 4) is 0 Å². The first-order chi connectivity index (χ1) is 17.5. The molecule has 0 aromatic rings. The number of nitrogens with one attached hydrogen (secondary N) is 1. The van der Waals surface area contributed by atoms with Crippen molar-refractivity contribution in [2.75, 3.05) is 26.3 Å². The second kappa shape index (κ2) is 20.9. The number of esters is 1. The van der Waals surface area contributed by atoms with E-state index in [1.165, 1.54) is 25.7 Å². The first-order valence-electron chi connectivity index (χ1n) is 15.2. The zero-order chi connectivity index (χ0) is 28.2. The number of rotatable bonds is 25. The van der Waals surface area contributed by atoms with Crippen molar-refractivity contribution in [2.45, 2.75) is 150 Å². The standard InChI is InChI=1S/C31H61NO5/c1-8-9-10-11-13-18-27(19-16-20-28(34)31(6,7)36-25-26(2)3)30(4,5)37-29(35)21-17-23-32-22-14-12-15-24-33/h26-27,32-33H,8-25H2,1-7H3. The summed E-state index contributed by atoms with van der Waals surface area (Å²) in [5.41, 5.74) is -1.30. The summed E-state index contributed by atoms with van der Waals surface area (Å²) in [6, 6.07) is 0. The van der Waals surface area contributed by atoms with Crippen LogP contribution in [0.25, 0.3) is 0 Å². The Kier molecular flexibility index (Phi) is 20.4. The maximum absolute atomic E-state index is 12.8. The van der Waals surface area contributed by atoms with Crippen molar-refractivity contribution < 1.29 is 24.2 Å². The van der Waals surface area contributed by atoms with Gasteiger partial charge in [-0.2, -0.15) is 0 Å². The fourth-order valence-corrected chi connectivity index (χ4v) is 4.55. The van der Waals surface area contributed by atoms with Crippen molar-refractivity contribution in [1.82, 2.24) is 5.32 Å². The molecule has 220 valence electrons. The molecule has 0 aliphatic carbocycles. The average Bonchev–Trinajstić information content (AvgIpc) is 2.82. The SMILES string of the molecule is CCCCCCCC(CCCC(=O)C(C)(C)OCC(C)C)C(C)(C)OC(=O)CCCNCCCCCO. The van der Waals surface area contributed by atoms with Crippen molar-refractivity contribution in [3.05, 3.63) is 0 Å². The number of ketones is 1. The summed E-state index contributed by atoms with van der Waals surface area (Å²) in [7, 11) is 0. The Morgan fingerprint density at radius 3 is 2.08 bits per heavy atom. The normalized spacial score (nSPS) is 13.2. The number of aliphatic hydroxyl groups is 1. The quantitative estimate of drug-likeness (QED) is 0.0981. The van der Waals surface area contributed by atoms with E-state index < -0.39 is 11.2 Å². The van der Waals surface area contributed by atoms with Gasteiger partial charge in [-0.15, -0.1) is 0 Å². The van der Waals surface area contributed by atoms with Crippen LogP contribution in [0.5, 0.6) is 0 Å². The summed E-state index contributed by atoms with van der Waals surface area (Å²) in [5.74, 6) is 0.637. The lowest BCUT2D eigenvalue weighted by Crippen LogP contribution is -2.38. The Morgan fingerprint density at radius 2 is 1.43 bits per heavy atom. The molecule has 0 heterocycles. The fraction of sp³-hybridized carbons (Fsp3) is 0.935. The molecule has 0 radical (unpaired) electrons. The van der Waals surface area contributed by atoms with Gasteiger partial charge in [0, 0.05) is 19.4 Å². The lowest BCUT2D eigenvalue weighted by molar-refractivity contribution is -0.162. The molecule has 0 aliphatic rings. The minimum absolute atomic E-state index is 0.137. The summed E-state index contributed by atoms with van der Waals surface area (Å²) >= 11 is 0. The summed E-state index contributed by atoms with van der Waals surface area (Å²) in [6.45, 7) is 16.8. The smallest absolute Gasteiger partial charge is 0.306 e. The number of unbranched alkanes of at least 4 members (excludes halogenated alkanes) is 6. The van der Waals surface area contributed by atoms with Gasteiger partial charge in [0.15, 0.2) is 5.78 Å². The van der Waals surface area contributed by atoms with Gasteiger partial charge in [-0.3, -0.25) is 9.59 Å². The third-order valence-corrected chi connectivity index (χ3v) is 7.17. The van der Waals surface area contributed by atoms with E-state index in [1.54, 1.807) is 0 Å². The molecule has 6 nitrogen and oxygen atoms in total. The second-order valence-electron chi connectivity index (χ2n) is 12.1. The number of ether oxygens (including phenoxy) is 2. The van der Waals surface area contributed by atoms with E-state index in [2.05, 4.69) is 26.1 Å². The first kappa shape index (κ1) is 36.0. The van der Waals surface area contributed by atoms with Crippen molar-refractivity contribution in [1.29, 1.82) is 0 Å². The van der Waals surface area contributed by atoms with Gasteiger partial charge in [0.25, 0.3) is 0 Å². The highest BCUT2D eigenvalue weighted by molar-refractivity contribution is 5.86. The highest BCUT2D eigenvalue weighted by Crippen LogP contribution is 2.32. The van der Waals surface area contributed by atoms with Crippen LogP contribution in [0.4, 0.5) is 0 Å². The minimum atomic E-state index is -0.755. The van der Waals surface area contributed by atoms with Crippen LogP contribution in [-0.4, -0.2) is 54.4 Å². The van der Waals surface area contributed by atoms with E-state index in [0.717, 1.165) is 64.5 Å². The zero-order valence-corrected chi connectivity index (χ0v) is 25.5. The lowest BCUT2D eigenvalue weighted by Gasteiger charge is -2.35.